The summed E-state index contributed by atoms with van der Waals surface area (Å²) in [5, 5.41) is 13.9. The van der Waals surface area contributed by atoms with Gasteiger partial charge in [0.2, 0.25) is 5.13 Å². The Labute approximate surface area is 107 Å². The Morgan fingerprint density at radius 1 is 1.35 bits per heavy atom. The lowest BCUT2D eigenvalue weighted by atomic mass is 9.82. The summed E-state index contributed by atoms with van der Waals surface area (Å²) < 4.78 is 4.33. The summed E-state index contributed by atoms with van der Waals surface area (Å²) in [6.45, 7) is 4.37. The van der Waals surface area contributed by atoms with Crippen molar-refractivity contribution in [3.8, 4) is 0 Å². The fourth-order valence-electron chi connectivity index (χ4n) is 2.30. The van der Waals surface area contributed by atoms with E-state index in [4.69, 9.17) is 0 Å². The summed E-state index contributed by atoms with van der Waals surface area (Å²) in [7, 11) is 0. The van der Waals surface area contributed by atoms with Crippen LogP contribution < -0.4 is 5.32 Å². The molecule has 17 heavy (non-hydrogen) atoms. The smallest absolute Gasteiger partial charge is 0.203 e. The Bertz CT molecular complexity index is 358. The van der Waals surface area contributed by atoms with E-state index < -0.39 is 0 Å². The van der Waals surface area contributed by atoms with E-state index in [-0.39, 0.29) is 12.1 Å². The number of rotatable bonds is 4. The number of aliphatic hydroxyl groups excluding tert-OH is 1. The molecule has 0 unspecified atom stereocenters. The van der Waals surface area contributed by atoms with Gasteiger partial charge in [-0.15, -0.1) is 0 Å². The molecule has 1 saturated carbocycles. The Balaban J connectivity index is 2.06. The van der Waals surface area contributed by atoms with Gasteiger partial charge in [0.05, 0.1) is 12.1 Å². The number of hydrogen-bond acceptors (Lipinski definition) is 5. The quantitative estimate of drug-likeness (QED) is 0.868. The standard InChI is InChI=1S/C12H21N3OS/c1-9(2)10-13-11(17-15-10)14-12(8-16)6-4-3-5-7-12/h9,16H,3-8H2,1-2H3,(H,13,14,15). The first-order valence-electron chi connectivity index (χ1n) is 6.38. The van der Waals surface area contributed by atoms with E-state index in [1.807, 2.05) is 0 Å². The van der Waals surface area contributed by atoms with Crippen LogP contribution in [0.5, 0.6) is 0 Å². The molecule has 1 aromatic rings. The zero-order valence-corrected chi connectivity index (χ0v) is 11.4. The summed E-state index contributed by atoms with van der Waals surface area (Å²) in [6, 6.07) is 0. The van der Waals surface area contributed by atoms with Gasteiger partial charge in [-0.3, -0.25) is 0 Å². The van der Waals surface area contributed by atoms with Gasteiger partial charge in [-0.1, -0.05) is 33.1 Å². The second-order valence-electron chi connectivity index (χ2n) is 5.24. The van der Waals surface area contributed by atoms with Crippen LogP contribution in [0.4, 0.5) is 5.13 Å². The van der Waals surface area contributed by atoms with Gasteiger partial charge < -0.3 is 10.4 Å². The minimum atomic E-state index is -0.161. The Morgan fingerprint density at radius 2 is 2.06 bits per heavy atom. The van der Waals surface area contributed by atoms with Gasteiger partial charge in [0.1, 0.15) is 5.82 Å². The molecule has 0 bridgehead atoms. The molecule has 1 heterocycles. The molecular weight excluding hydrogens is 234 g/mol. The second kappa shape index (κ2) is 5.31. The number of aliphatic hydroxyl groups is 1. The normalized spacial score (nSPS) is 19.5. The molecule has 0 radical (unpaired) electrons. The number of nitrogens with zero attached hydrogens (tertiary/aromatic N) is 2. The fraction of sp³-hybridized carbons (Fsp3) is 0.833. The first-order chi connectivity index (χ1) is 8.15. The monoisotopic (exact) mass is 255 g/mol. The maximum absolute atomic E-state index is 9.61. The van der Waals surface area contributed by atoms with Crippen LogP contribution in [-0.4, -0.2) is 26.6 Å². The Hall–Kier alpha value is -0.680. The first-order valence-corrected chi connectivity index (χ1v) is 7.15. The van der Waals surface area contributed by atoms with E-state index >= 15 is 0 Å². The van der Waals surface area contributed by atoms with E-state index in [1.54, 1.807) is 0 Å². The van der Waals surface area contributed by atoms with E-state index in [0.29, 0.717) is 5.92 Å². The SMILES string of the molecule is CC(C)c1nsc(NC2(CO)CCCCC2)n1. The van der Waals surface area contributed by atoms with Gasteiger partial charge in [-0.2, -0.15) is 4.37 Å². The molecule has 1 aromatic heterocycles. The lowest BCUT2D eigenvalue weighted by Gasteiger charge is -2.36. The van der Waals surface area contributed by atoms with Crippen LogP contribution in [0.3, 0.4) is 0 Å². The minimum absolute atomic E-state index is 0.161. The molecule has 0 aliphatic heterocycles. The van der Waals surface area contributed by atoms with Gasteiger partial charge in [0.15, 0.2) is 0 Å². The van der Waals surface area contributed by atoms with Crippen molar-refractivity contribution in [2.75, 3.05) is 11.9 Å². The third-order valence-electron chi connectivity index (χ3n) is 3.44. The van der Waals surface area contributed by atoms with Crippen LogP contribution in [0.15, 0.2) is 0 Å². The molecular formula is C12H21N3OS. The van der Waals surface area contributed by atoms with Gasteiger partial charge in [0, 0.05) is 17.5 Å². The number of aromatic nitrogens is 2. The number of nitrogens with one attached hydrogen (secondary N) is 1. The van der Waals surface area contributed by atoms with Crippen molar-refractivity contribution in [1.82, 2.24) is 9.36 Å². The van der Waals surface area contributed by atoms with Crippen molar-refractivity contribution >= 4 is 16.7 Å². The highest BCUT2D eigenvalue weighted by molar-refractivity contribution is 7.09. The minimum Gasteiger partial charge on any atom is -0.394 e. The zero-order valence-electron chi connectivity index (χ0n) is 10.6. The molecule has 0 saturated heterocycles. The molecule has 2 rings (SSSR count). The van der Waals surface area contributed by atoms with Crippen molar-refractivity contribution in [2.45, 2.75) is 57.4 Å². The molecule has 1 aliphatic carbocycles. The van der Waals surface area contributed by atoms with Crippen LogP contribution in [-0.2, 0) is 0 Å². The van der Waals surface area contributed by atoms with E-state index in [1.165, 1.54) is 30.8 Å². The number of hydrogen-bond donors (Lipinski definition) is 2. The van der Waals surface area contributed by atoms with Crippen LogP contribution >= 0.6 is 11.5 Å². The third-order valence-corrected chi connectivity index (χ3v) is 4.09. The van der Waals surface area contributed by atoms with Crippen molar-refractivity contribution in [2.24, 2.45) is 0 Å². The Morgan fingerprint density at radius 3 is 2.59 bits per heavy atom. The molecule has 2 N–H and O–H groups in total. The summed E-state index contributed by atoms with van der Waals surface area (Å²) in [6.07, 6.45) is 5.70. The summed E-state index contributed by atoms with van der Waals surface area (Å²) in [4.78, 5) is 4.48. The predicted molar refractivity (Wildman–Crippen MR) is 70.5 cm³/mol. The fourth-order valence-corrected chi connectivity index (χ4v) is 3.13. The highest BCUT2D eigenvalue weighted by Gasteiger charge is 2.32. The summed E-state index contributed by atoms with van der Waals surface area (Å²) >= 11 is 1.40. The molecule has 0 amide bonds. The van der Waals surface area contributed by atoms with Crippen LogP contribution in [0, 0.1) is 0 Å². The van der Waals surface area contributed by atoms with E-state index in [2.05, 4.69) is 28.5 Å². The Kier molecular flexibility index (Phi) is 3.99. The molecule has 1 aliphatic rings. The van der Waals surface area contributed by atoms with Crippen LogP contribution in [0.25, 0.3) is 0 Å². The van der Waals surface area contributed by atoms with Crippen molar-refractivity contribution in [3.05, 3.63) is 5.82 Å². The molecule has 0 aromatic carbocycles. The third kappa shape index (κ3) is 2.96. The largest absolute Gasteiger partial charge is 0.394 e. The van der Waals surface area contributed by atoms with E-state index in [0.717, 1.165) is 23.8 Å². The van der Waals surface area contributed by atoms with Crippen LogP contribution in [0.2, 0.25) is 0 Å². The molecule has 0 atom stereocenters. The maximum atomic E-state index is 9.61. The highest BCUT2D eigenvalue weighted by Crippen LogP contribution is 2.32. The molecule has 96 valence electrons. The van der Waals surface area contributed by atoms with E-state index in [9.17, 15) is 5.11 Å². The molecule has 4 nitrogen and oxygen atoms in total. The number of anilines is 1. The highest BCUT2D eigenvalue weighted by atomic mass is 32.1. The topological polar surface area (TPSA) is 58.0 Å². The summed E-state index contributed by atoms with van der Waals surface area (Å²) in [5.41, 5.74) is -0.161. The maximum Gasteiger partial charge on any atom is 0.203 e. The van der Waals surface area contributed by atoms with Crippen molar-refractivity contribution in [1.29, 1.82) is 0 Å². The predicted octanol–water partition coefficient (Wildman–Crippen LogP) is 2.77. The van der Waals surface area contributed by atoms with Gasteiger partial charge in [0.25, 0.3) is 0 Å². The molecule has 1 fully saturated rings. The van der Waals surface area contributed by atoms with Crippen molar-refractivity contribution < 1.29 is 5.11 Å². The first kappa shape index (κ1) is 12.8. The zero-order chi connectivity index (χ0) is 12.3. The van der Waals surface area contributed by atoms with Crippen molar-refractivity contribution in [3.63, 3.8) is 0 Å². The summed E-state index contributed by atoms with van der Waals surface area (Å²) in [5.74, 6) is 1.25. The molecule has 0 spiro atoms. The second-order valence-corrected chi connectivity index (χ2v) is 5.99. The van der Waals surface area contributed by atoms with Crippen LogP contribution in [0.1, 0.15) is 57.7 Å². The average Bonchev–Trinajstić information content (AvgIpc) is 2.79. The van der Waals surface area contributed by atoms with Gasteiger partial charge in [-0.25, -0.2) is 4.98 Å². The average molecular weight is 255 g/mol. The lowest BCUT2D eigenvalue weighted by molar-refractivity contribution is 0.173. The lowest BCUT2D eigenvalue weighted by Crippen LogP contribution is -2.43. The molecule has 5 heteroatoms. The van der Waals surface area contributed by atoms with Gasteiger partial charge >= 0.3 is 0 Å². The van der Waals surface area contributed by atoms with Gasteiger partial charge in [-0.05, 0) is 12.8 Å².